The first-order valence-electron chi connectivity index (χ1n) is 10.7. The van der Waals surface area contributed by atoms with Crippen LogP contribution < -0.4 is 5.32 Å². The summed E-state index contributed by atoms with van der Waals surface area (Å²) in [6, 6.07) is 7.70. The van der Waals surface area contributed by atoms with Crippen LogP contribution >= 0.6 is 0 Å². The molecule has 0 fully saturated rings. The van der Waals surface area contributed by atoms with Gasteiger partial charge in [0.15, 0.2) is 6.61 Å². The molecular weight excluding hydrogens is 364 g/mol. The number of hydrogen-bond acceptors (Lipinski definition) is 4. The van der Waals surface area contributed by atoms with E-state index in [1.54, 1.807) is 0 Å². The molecule has 0 spiro atoms. The van der Waals surface area contributed by atoms with Crippen molar-refractivity contribution >= 4 is 22.8 Å². The Kier molecular flexibility index (Phi) is 6.56. The molecule has 1 aliphatic rings. The van der Waals surface area contributed by atoms with Gasteiger partial charge in [-0.05, 0) is 48.6 Å². The van der Waals surface area contributed by atoms with Gasteiger partial charge >= 0.3 is 5.97 Å². The number of esters is 1. The number of amides is 1. The smallest absolute Gasteiger partial charge is 0.339 e. The van der Waals surface area contributed by atoms with E-state index < -0.39 is 5.97 Å². The van der Waals surface area contributed by atoms with Gasteiger partial charge in [-0.25, -0.2) is 4.79 Å². The average molecular weight is 397 g/mol. The van der Waals surface area contributed by atoms with E-state index in [0.29, 0.717) is 18.0 Å². The van der Waals surface area contributed by atoms with Crippen LogP contribution in [0.25, 0.3) is 10.9 Å². The number of aromatic nitrogens is 1. The number of ether oxygens (including phenoxy) is 1. The van der Waals surface area contributed by atoms with E-state index >= 15 is 0 Å². The lowest BCUT2D eigenvalue weighted by atomic mass is 9.68. The molecule has 1 aromatic heterocycles. The fraction of sp³-hybridized carbons (Fsp3) is 0.542. The molecular formula is C24H32N2O3. The Hall–Kier alpha value is -2.43. The second kappa shape index (κ2) is 8.93. The Morgan fingerprint density at radius 3 is 2.72 bits per heavy atom. The SMILES string of the molecule is CCCNC(=O)COC(=O)c1c2c(nc3ccccc13)CC[C@H](C(C)(C)CC)C2. The number of benzene rings is 1. The minimum absolute atomic E-state index is 0.199. The quantitative estimate of drug-likeness (QED) is 0.702. The van der Waals surface area contributed by atoms with E-state index in [0.717, 1.165) is 54.3 Å². The van der Waals surface area contributed by atoms with E-state index in [-0.39, 0.29) is 17.9 Å². The molecule has 0 saturated carbocycles. The maximum atomic E-state index is 13.1. The lowest BCUT2D eigenvalue weighted by Gasteiger charge is -2.37. The molecule has 3 rings (SSSR count). The highest BCUT2D eigenvalue weighted by molar-refractivity contribution is 6.05. The first-order chi connectivity index (χ1) is 13.9. The zero-order valence-electron chi connectivity index (χ0n) is 18.0. The number of carbonyl (C=O) groups excluding carboxylic acids is 2. The van der Waals surface area contributed by atoms with Crippen molar-refractivity contribution in [2.75, 3.05) is 13.2 Å². The first kappa shape index (κ1) is 21.3. The number of nitrogens with one attached hydrogen (secondary N) is 1. The number of aryl methyl sites for hydroxylation is 1. The molecule has 2 aromatic rings. The van der Waals surface area contributed by atoms with Crippen LogP contribution in [0.4, 0.5) is 0 Å². The maximum absolute atomic E-state index is 13.1. The van der Waals surface area contributed by atoms with Crippen LogP contribution in [0, 0.1) is 11.3 Å². The number of carbonyl (C=O) groups is 2. The highest BCUT2D eigenvalue weighted by Gasteiger charge is 2.34. The fourth-order valence-electron chi connectivity index (χ4n) is 4.10. The number of pyridine rings is 1. The number of nitrogens with zero attached hydrogens (tertiary/aromatic N) is 1. The summed E-state index contributed by atoms with van der Waals surface area (Å²) in [5, 5.41) is 3.55. The Labute approximate surface area is 173 Å². The van der Waals surface area contributed by atoms with Crippen molar-refractivity contribution in [3.63, 3.8) is 0 Å². The third-order valence-electron chi connectivity index (χ3n) is 6.39. The number of rotatable bonds is 7. The van der Waals surface area contributed by atoms with Crippen molar-refractivity contribution < 1.29 is 14.3 Å². The molecule has 0 bridgehead atoms. The maximum Gasteiger partial charge on any atom is 0.339 e. The minimum atomic E-state index is -0.429. The van der Waals surface area contributed by atoms with Gasteiger partial charge in [-0.2, -0.15) is 0 Å². The lowest BCUT2D eigenvalue weighted by Crippen LogP contribution is -2.32. The van der Waals surface area contributed by atoms with Crippen LogP contribution in [0.1, 0.15) is 68.6 Å². The zero-order valence-corrected chi connectivity index (χ0v) is 18.0. The third kappa shape index (κ3) is 4.60. The predicted molar refractivity (Wildman–Crippen MR) is 115 cm³/mol. The van der Waals surface area contributed by atoms with E-state index in [4.69, 9.17) is 9.72 Å². The highest BCUT2D eigenvalue weighted by atomic mass is 16.5. The summed E-state index contributed by atoms with van der Waals surface area (Å²) in [6.07, 6.45) is 4.70. The predicted octanol–water partition coefficient (Wildman–Crippen LogP) is 4.46. The number of hydrogen-bond donors (Lipinski definition) is 1. The summed E-state index contributed by atoms with van der Waals surface area (Å²) < 4.78 is 5.43. The normalized spacial score (nSPS) is 16.3. The summed E-state index contributed by atoms with van der Waals surface area (Å²) in [4.78, 5) is 29.9. The van der Waals surface area contributed by atoms with Crippen molar-refractivity contribution in [1.29, 1.82) is 0 Å². The van der Waals surface area contributed by atoms with Crippen LogP contribution in [0.3, 0.4) is 0 Å². The summed E-state index contributed by atoms with van der Waals surface area (Å²) in [7, 11) is 0. The molecule has 1 aliphatic carbocycles. The fourth-order valence-corrected chi connectivity index (χ4v) is 4.10. The summed E-state index contributed by atoms with van der Waals surface area (Å²) in [5.74, 6) is -0.207. The molecule has 1 heterocycles. The zero-order chi connectivity index (χ0) is 21.0. The number of fused-ring (bicyclic) bond motifs is 2. The van der Waals surface area contributed by atoms with Crippen LogP contribution in [0.5, 0.6) is 0 Å². The topological polar surface area (TPSA) is 68.3 Å². The van der Waals surface area contributed by atoms with Gasteiger partial charge in [0.25, 0.3) is 5.91 Å². The van der Waals surface area contributed by atoms with Crippen LogP contribution in [-0.4, -0.2) is 30.0 Å². The molecule has 1 atom stereocenters. The van der Waals surface area contributed by atoms with Crippen LogP contribution in [0.15, 0.2) is 24.3 Å². The van der Waals surface area contributed by atoms with Gasteiger partial charge in [0.2, 0.25) is 0 Å². The van der Waals surface area contributed by atoms with Gasteiger partial charge in [0.1, 0.15) is 0 Å². The van der Waals surface area contributed by atoms with Gasteiger partial charge in [0, 0.05) is 17.6 Å². The molecule has 5 nitrogen and oxygen atoms in total. The molecule has 29 heavy (non-hydrogen) atoms. The van der Waals surface area contributed by atoms with Crippen molar-refractivity contribution in [2.24, 2.45) is 11.3 Å². The van der Waals surface area contributed by atoms with Crippen molar-refractivity contribution in [3.05, 3.63) is 41.1 Å². The summed E-state index contributed by atoms with van der Waals surface area (Å²) in [6.45, 7) is 9.13. The Bertz CT molecular complexity index is 904. The largest absolute Gasteiger partial charge is 0.452 e. The van der Waals surface area contributed by atoms with Crippen LogP contribution in [0.2, 0.25) is 0 Å². The molecule has 0 unspecified atom stereocenters. The molecule has 1 amide bonds. The van der Waals surface area contributed by atoms with Crippen molar-refractivity contribution in [2.45, 2.75) is 59.8 Å². The van der Waals surface area contributed by atoms with Gasteiger partial charge in [0.05, 0.1) is 11.1 Å². The van der Waals surface area contributed by atoms with E-state index in [2.05, 4.69) is 26.1 Å². The summed E-state index contributed by atoms with van der Waals surface area (Å²) in [5.41, 5.74) is 3.59. The van der Waals surface area contributed by atoms with Gasteiger partial charge in [-0.1, -0.05) is 52.3 Å². The standard InChI is InChI=1S/C24H32N2O3/c1-5-13-25-21(27)15-29-23(28)22-17-9-7-8-10-19(17)26-20-12-11-16(14-18(20)22)24(3,4)6-2/h7-10,16H,5-6,11-15H2,1-4H3,(H,25,27)/t16-/m0/s1. The van der Waals surface area contributed by atoms with Crippen molar-refractivity contribution in [3.8, 4) is 0 Å². The van der Waals surface area contributed by atoms with E-state index in [1.165, 1.54) is 0 Å². The Morgan fingerprint density at radius 1 is 1.24 bits per heavy atom. The monoisotopic (exact) mass is 396 g/mol. The molecule has 156 valence electrons. The van der Waals surface area contributed by atoms with E-state index in [9.17, 15) is 9.59 Å². The second-order valence-electron chi connectivity index (χ2n) is 8.64. The lowest BCUT2D eigenvalue weighted by molar-refractivity contribution is -0.124. The second-order valence-corrected chi connectivity index (χ2v) is 8.64. The minimum Gasteiger partial charge on any atom is -0.452 e. The van der Waals surface area contributed by atoms with Crippen molar-refractivity contribution in [1.82, 2.24) is 10.3 Å². The Balaban J connectivity index is 1.96. The van der Waals surface area contributed by atoms with Gasteiger partial charge < -0.3 is 10.1 Å². The highest BCUT2D eigenvalue weighted by Crippen LogP contribution is 2.41. The molecule has 0 saturated heterocycles. The van der Waals surface area contributed by atoms with Crippen LogP contribution in [-0.2, 0) is 22.4 Å². The first-order valence-corrected chi connectivity index (χ1v) is 10.7. The molecule has 1 aromatic carbocycles. The molecule has 1 N–H and O–H groups in total. The number of para-hydroxylation sites is 1. The average Bonchev–Trinajstić information content (AvgIpc) is 2.73. The molecule has 0 radical (unpaired) electrons. The summed E-state index contributed by atoms with van der Waals surface area (Å²) >= 11 is 0. The Morgan fingerprint density at radius 2 is 2.00 bits per heavy atom. The molecule has 5 heteroatoms. The third-order valence-corrected chi connectivity index (χ3v) is 6.39. The van der Waals surface area contributed by atoms with E-state index in [1.807, 2.05) is 31.2 Å². The molecule has 0 aliphatic heterocycles. The van der Waals surface area contributed by atoms with Gasteiger partial charge in [-0.15, -0.1) is 0 Å². The van der Waals surface area contributed by atoms with Gasteiger partial charge in [-0.3, -0.25) is 9.78 Å².